The van der Waals surface area contributed by atoms with Crippen molar-refractivity contribution in [3.63, 3.8) is 0 Å². The quantitative estimate of drug-likeness (QED) is 0.844. The van der Waals surface area contributed by atoms with Crippen molar-refractivity contribution in [2.45, 2.75) is 71.4 Å². The average Bonchev–Trinajstić information content (AvgIpc) is 2.38. The fourth-order valence-electron chi connectivity index (χ4n) is 4.45. The second kappa shape index (κ2) is 5.58. The molecule has 0 aromatic rings. The van der Waals surface area contributed by atoms with Gasteiger partial charge in [0, 0.05) is 43.8 Å². The predicted octanol–water partition coefficient (Wildman–Crippen LogP) is 2.70. The Balaban J connectivity index is 2.10. The van der Waals surface area contributed by atoms with Gasteiger partial charge < -0.3 is 5.73 Å². The van der Waals surface area contributed by atoms with Crippen molar-refractivity contribution in [1.29, 1.82) is 0 Å². The zero-order valence-corrected chi connectivity index (χ0v) is 14.3. The molecule has 0 aromatic carbocycles. The highest BCUT2D eigenvalue weighted by Crippen LogP contribution is 2.47. The van der Waals surface area contributed by atoms with Gasteiger partial charge >= 0.3 is 0 Å². The molecule has 20 heavy (non-hydrogen) atoms. The van der Waals surface area contributed by atoms with Gasteiger partial charge in [0.1, 0.15) is 0 Å². The van der Waals surface area contributed by atoms with Crippen molar-refractivity contribution in [3.05, 3.63) is 0 Å². The SMILES string of the molecule is CC(C)(C)N1CCN(C2(CN)CCCCC2(C)C)CC1. The molecule has 1 heterocycles. The van der Waals surface area contributed by atoms with Crippen LogP contribution in [-0.2, 0) is 0 Å². The van der Waals surface area contributed by atoms with E-state index in [9.17, 15) is 0 Å². The lowest BCUT2D eigenvalue weighted by Crippen LogP contribution is -2.68. The Morgan fingerprint density at radius 2 is 1.50 bits per heavy atom. The molecular formula is C17H35N3. The summed E-state index contributed by atoms with van der Waals surface area (Å²) in [5.74, 6) is 0. The molecule has 2 N–H and O–H groups in total. The number of rotatable bonds is 2. The topological polar surface area (TPSA) is 32.5 Å². The van der Waals surface area contributed by atoms with Gasteiger partial charge in [-0.05, 0) is 39.0 Å². The van der Waals surface area contributed by atoms with E-state index in [1.165, 1.54) is 51.9 Å². The molecule has 0 amide bonds. The van der Waals surface area contributed by atoms with Gasteiger partial charge in [-0.2, -0.15) is 0 Å². The molecule has 0 radical (unpaired) electrons. The number of hydrogen-bond donors (Lipinski definition) is 1. The van der Waals surface area contributed by atoms with E-state index in [1.807, 2.05) is 0 Å². The lowest BCUT2D eigenvalue weighted by molar-refractivity contribution is -0.0749. The Morgan fingerprint density at radius 1 is 0.950 bits per heavy atom. The molecule has 2 rings (SSSR count). The normalized spacial score (nSPS) is 33.3. The van der Waals surface area contributed by atoms with Crippen LogP contribution in [0.1, 0.15) is 60.3 Å². The molecule has 0 aromatic heterocycles. The zero-order chi connectivity index (χ0) is 15.0. The highest BCUT2D eigenvalue weighted by molar-refractivity contribution is 5.06. The molecule has 0 bridgehead atoms. The minimum absolute atomic E-state index is 0.231. The van der Waals surface area contributed by atoms with E-state index in [0.29, 0.717) is 11.0 Å². The Labute approximate surface area is 125 Å². The van der Waals surface area contributed by atoms with E-state index >= 15 is 0 Å². The van der Waals surface area contributed by atoms with E-state index in [0.717, 1.165) is 6.54 Å². The molecule has 1 saturated carbocycles. The summed E-state index contributed by atoms with van der Waals surface area (Å²) in [5.41, 5.74) is 7.19. The van der Waals surface area contributed by atoms with E-state index in [-0.39, 0.29) is 5.54 Å². The van der Waals surface area contributed by atoms with Crippen molar-refractivity contribution >= 4 is 0 Å². The first kappa shape index (κ1) is 16.3. The summed E-state index contributed by atoms with van der Waals surface area (Å²) >= 11 is 0. The maximum atomic E-state index is 6.31. The summed E-state index contributed by atoms with van der Waals surface area (Å²) in [5, 5.41) is 0. The predicted molar refractivity (Wildman–Crippen MR) is 86.9 cm³/mol. The lowest BCUT2D eigenvalue weighted by atomic mass is 9.62. The van der Waals surface area contributed by atoms with Crippen molar-refractivity contribution in [3.8, 4) is 0 Å². The molecule has 3 heteroatoms. The van der Waals surface area contributed by atoms with Crippen molar-refractivity contribution in [1.82, 2.24) is 9.80 Å². The van der Waals surface area contributed by atoms with Gasteiger partial charge in [-0.25, -0.2) is 0 Å². The molecule has 1 saturated heterocycles. The lowest BCUT2D eigenvalue weighted by Gasteiger charge is -2.58. The standard InChI is InChI=1S/C17H35N3/c1-15(2,3)19-10-12-20(13-11-19)17(14-18)9-7-6-8-16(17,4)5/h6-14,18H2,1-5H3. The summed E-state index contributed by atoms with van der Waals surface area (Å²) in [6.07, 6.45) is 5.33. The summed E-state index contributed by atoms with van der Waals surface area (Å²) in [7, 11) is 0. The first-order chi connectivity index (χ1) is 9.23. The fraction of sp³-hybridized carbons (Fsp3) is 1.00. The summed E-state index contributed by atoms with van der Waals surface area (Å²) in [6, 6.07) is 0. The number of nitrogens with zero attached hydrogens (tertiary/aromatic N) is 2. The number of hydrogen-bond acceptors (Lipinski definition) is 3. The first-order valence-electron chi connectivity index (χ1n) is 8.43. The van der Waals surface area contributed by atoms with E-state index in [2.05, 4.69) is 44.4 Å². The average molecular weight is 281 g/mol. The molecular weight excluding hydrogens is 246 g/mol. The Morgan fingerprint density at radius 3 is 1.95 bits per heavy atom. The van der Waals surface area contributed by atoms with Crippen LogP contribution < -0.4 is 5.73 Å². The van der Waals surface area contributed by atoms with Gasteiger partial charge in [0.25, 0.3) is 0 Å². The molecule has 118 valence electrons. The third-order valence-electron chi connectivity index (χ3n) is 6.07. The second-order valence-corrected chi connectivity index (χ2v) is 8.47. The third-order valence-corrected chi connectivity index (χ3v) is 6.07. The van der Waals surface area contributed by atoms with Crippen LogP contribution in [0, 0.1) is 5.41 Å². The molecule has 1 aliphatic heterocycles. The van der Waals surface area contributed by atoms with Gasteiger partial charge in [-0.15, -0.1) is 0 Å². The molecule has 1 unspecified atom stereocenters. The van der Waals surface area contributed by atoms with Crippen LogP contribution in [-0.4, -0.2) is 53.6 Å². The zero-order valence-electron chi connectivity index (χ0n) is 14.3. The van der Waals surface area contributed by atoms with Crippen molar-refractivity contribution in [2.24, 2.45) is 11.1 Å². The highest BCUT2D eigenvalue weighted by atomic mass is 15.3. The monoisotopic (exact) mass is 281 g/mol. The van der Waals surface area contributed by atoms with Gasteiger partial charge in [-0.1, -0.05) is 26.7 Å². The Hall–Kier alpha value is -0.120. The highest BCUT2D eigenvalue weighted by Gasteiger charge is 2.50. The van der Waals surface area contributed by atoms with Gasteiger partial charge in [0.05, 0.1) is 0 Å². The minimum atomic E-state index is 0.231. The van der Waals surface area contributed by atoms with Crippen LogP contribution in [0.5, 0.6) is 0 Å². The Kier molecular flexibility index (Phi) is 4.54. The molecule has 0 spiro atoms. The number of nitrogens with two attached hydrogens (primary N) is 1. The minimum Gasteiger partial charge on any atom is -0.329 e. The van der Waals surface area contributed by atoms with Crippen LogP contribution in [0.25, 0.3) is 0 Å². The maximum Gasteiger partial charge on any atom is 0.0383 e. The fourth-order valence-corrected chi connectivity index (χ4v) is 4.45. The van der Waals surface area contributed by atoms with Crippen molar-refractivity contribution < 1.29 is 0 Å². The smallest absolute Gasteiger partial charge is 0.0383 e. The Bertz CT molecular complexity index is 324. The molecule has 3 nitrogen and oxygen atoms in total. The number of piperazine rings is 1. The van der Waals surface area contributed by atoms with Gasteiger partial charge in [0.2, 0.25) is 0 Å². The van der Waals surface area contributed by atoms with Crippen LogP contribution >= 0.6 is 0 Å². The second-order valence-electron chi connectivity index (χ2n) is 8.47. The van der Waals surface area contributed by atoms with Gasteiger partial charge in [-0.3, -0.25) is 9.80 Å². The van der Waals surface area contributed by atoms with E-state index in [4.69, 9.17) is 5.73 Å². The third kappa shape index (κ3) is 2.77. The van der Waals surface area contributed by atoms with E-state index in [1.54, 1.807) is 0 Å². The van der Waals surface area contributed by atoms with Crippen LogP contribution in [0.2, 0.25) is 0 Å². The van der Waals surface area contributed by atoms with Crippen LogP contribution in [0.4, 0.5) is 0 Å². The molecule has 1 atom stereocenters. The first-order valence-corrected chi connectivity index (χ1v) is 8.43. The summed E-state index contributed by atoms with van der Waals surface area (Å²) < 4.78 is 0. The van der Waals surface area contributed by atoms with E-state index < -0.39 is 0 Å². The molecule has 2 aliphatic rings. The van der Waals surface area contributed by atoms with Crippen LogP contribution in [0.15, 0.2) is 0 Å². The van der Waals surface area contributed by atoms with Crippen LogP contribution in [0.3, 0.4) is 0 Å². The maximum absolute atomic E-state index is 6.31. The summed E-state index contributed by atoms with van der Waals surface area (Å²) in [6.45, 7) is 17.4. The molecule has 2 fully saturated rings. The largest absolute Gasteiger partial charge is 0.329 e. The van der Waals surface area contributed by atoms with Gasteiger partial charge in [0.15, 0.2) is 0 Å². The molecule has 1 aliphatic carbocycles. The summed E-state index contributed by atoms with van der Waals surface area (Å²) in [4.78, 5) is 5.35. The van der Waals surface area contributed by atoms with Crippen molar-refractivity contribution in [2.75, 3.05) is 32.7 Å².